The van der Waals surface area contributed by atoms with Gasteiger partial charge in [-0.2, -0.15) is 13.2 Å². The van der Waals surface area contributed by atoms with Crippen LogP contribution in [0.15, 0.2) is 59.0 Å². The molecule has 1 amide bonds. The van der Waals surface area contributed by atoms with Crippen molar-refractivity contribution in [2.24, 2.45) is 0 Å². The van der Waals surface area contributed by atoms with E-state index in [2.05, 4.69) is 21.3 Å². The maximum atomic E-state index is 12.6. The molecule has 29 heavy (non-hydrogen) atoms. The number of carbonyl (C=O) groups excluding carboxylic acids is 1. The molecule has 0 unspecified atom stereocenters. The number of carbonyl (C=O) groups is 1. The van der Waals surface area contributed by atoms with Crippen molar-refractivity contribution < 1.29 is 18.0 Å². The zero-order valence-electron chi connectivity index (χ0n) is 15.8. The highest BCUT2D eigenvalue weighted by Crippen LogP contribution is 2.29. The summed E-state index contributed by atoms with van der Waals surface area (Å²) in [6.45, 7) is 2.75. The second-order valence-electron chi connectivity index (χ2n) is 6.98. The molecule has 0 aliphatic carbocycles. The summed E-state index contributed by atoms with van der Waals surface area (Å²) < 4.78 is 37.9. The number of hydrogen-bond acceptors (Lipinski definition) is 3. The molecule has 1 aromatic carbocycles. The van der Waals surface area contributed by atoms with E-state index in [0.717, 1.165) is 37.2 Å². The van der Waals surface area contributed by atoms with Gasteiger partial charge >= 0.3 is 6.18 Å². The Balaban J connectivity index is 1.42. The van der Waals surface area contributed by atoms with E-state index in [0.29, 0.717) is 25.1 Å². The molecule has 0 fully saturated rings. The Bertz CT molecular complexity index is 913. The van der Waals surface area contributed by atoms with Crippen LogP contribution in [0.1, 0.15) is 27.9 Å². The highest BCUT2D eigenvalue weighted by Gasteiger charge is 2.29. The largest absolute Gasteiger partial charge is 0.416 e. The Morgan fingerprint density at radius 3 is 2.48 bits per heavy atom. The lowest BCUT2D eigenvalue weighted by Crippen LogP contribution is -2.37. The first-order chi connectivity index (χ1) is 13.8. The maximum absolute atomic E-state index is 12.6. The second-order valence-corrected chi connectivity index (χ2v) is 6.98. The van der Waals surface area contributed by atoms with Crippen LogP contribution in [0.4, 0.5) is 13.2 Å². The Labute approximate surface area is 166 Å². The van der Waals surface area contributed by atoms with Crippen LogP contribution in [0.3, 0.4) is 0 Å². The molecule has 154 valence electrons. The van der Waals surface area contributed by atoms with Gasteiger partial charge in [-0.25, -0.2) is 0 Å². The summed E-state index contributed by atoms with van der Waals surface area (Å²) in [4.78, 5) is 27.7. The Morgan fingerprint density at radius 1 is 1.14 bits per heavy atom. The summed E-state index contributed by atoms with van der Waals surface area (Å²) in [5.41, 5.74) is 1.59. The number of amides is 1. The maximum Gasteiger partial charge on any atom is 0.416 e. The molecule has 0 saturated heterocycles. The number of aromatic amines is 1. The number of nitrogens with one attached hydrogen (secondary N) is 2. The summed E-state index contributed by atoms with van der Waals surface area (Å²) in [6.07, 6.45) is 0.667. The lowest BCUT2D eigenvalue weighted by Gasteiger charge is -2.26. The fraction of sp³-hybridized carbons (Fsp3) is 0.333. The Morgan fingerprint density at radius 2 is 1.90 bits per heavy atom. The van der Waals surface area contributed by atoms with Crippen LogP contribution >= 0.6 is 0 Å². The first-order valence-electron chi connectivity index (χ1n) is 9.34. The van der Waals surface area contributed by atoms with Crippen LogP contribution in [-0.2, 0) is 12.6 Å². The van der Waals surface area contributed by atoms with Crippen LogP contribution in [-0.4, -0.2) is 42.0 Å². The van der Waals surface area contributed by atoms with E-state index in [9.17, 15) is 22.8 Å². The molecule has 0 bridgehead atoms. The summed E-state index contributed by atoms with van der Waals surface area (Å²) in [5.74, 6) is -0.239. The van der Waals surface area contributed by atoms with Gasteiger partial charge in [0.15, 0.2) is 0 Å². The lowest BCUT2D eigenvalue weighted by atomic mass is 9.98. The predicted octanol–water partition coefficient (Wildman–Crippen LogP) is 3.00. The van der Waals surface area contributed by atoms with E-state index in [4.69, 9.17) is 0 Å². The van der Waals surface area contributed by atoms with Crippen molar-refractivity contribution in [3.8, 4) is 0 Å². The minimum absolute atomic E-state index is 0.239. The zero-order chi connectivity index (χ0) is 20.9. The molecule has 2 N–H and O–H groups in total. The SMILES string of the molecule is O=C(NCCN1CC=C(Cc2ccc(C(F)(F)F)cc2)CC1)c1ccc(=O)[nH]c1. The Hall–Kier alpha value is -2.87. The van der Waals surface area contributed by atoms with Gasteiger partial charge in [0.2, 0.25) is 5.56 Å². The normalized spacial score (nSPS) is 15.1. The third kappa shape index (κ3) is 6.05. The minimum atomic E-state index is -4.31. The van der Waals surface area contributed by atoms with Crippen molar-refractivity contribution in [3.05, 3.63) is 81.3 Å². The number of rotatable bonds is 6. The lowest BCUT2D eigenvalue weighted by molar-refractivity contribution is -0.137. The van der Waals surface area contributed by atoms with Gasteiger partial charge in [-0.1, -0.05) is 23.8 Å². The molecule has 5 nitrogen and oxygen atoms in total. The fourth-order valence-corrected chi connectivity index (χ4v) is 3.17. The van der Waals surface area contributed by atoms with Gasteiger partial charge in [-0.15, -0.1) is 0 Å². The molecule has 8 heteroatoms. The van der Waals surface area contributed by atoms with Crippen molar-refractivity contribution in [3.63, 3.8) is 0 Å². The van der Waals surface area contributed by atoms with E-state index in [1.165, 1.54) is 36.0 Å². The highest BCUT2D eigenvalue weighted by molar-refractivity contribution is 5.93. The van der Waals surface area contributed by atoms with Crippen molar-refractivity contribution in [1.82, 2.24) is 15.2 Å². The van der Waals surface area contributed by atoms with Crippen molar-refractivity contribution in [2.75, 3.05) is 26.2 Å². The van der Waals surface area contributed by atoms with Crippen molar-refractivity contribution in [1.29, 1.82) is 0 Å². The number of nitrogens with zero attached hydrogens (tertiary/aromatic N) is 1. The average molecular weight is 405 g/mol. The van der Waals surface area contributed by atoms with Gasteiger partial charge in [0.1, 0.15) is 0 Å². The molecule has 1 aliphatic heterocycles. The summed E-state index contributed by atoms with van der Waals surface area (Å²) >= 11 is 0. The van der Waals surface area contributed by atoms with E-state index >= 15 is 0 Å². The predicted molar refractivity (Wildman–Crippen MR) is 104 cm³/mol. The van der Waals surface area contributed by atoms with E-state index in [1.54, 1.807) is 0 Å². The van der Waals surface area contributed by atoms with E-state index in [-0.39, 0.29) is 11.5 Å². The molecule has 0 saturated carbocycles. The molecule has 2 aromatic rings. The smallest absolute Gasteiger partial charge is 0.351 e. The van der Waals surface area contributed by atoms with Gasteiger partial charge in [0, 0.05) is 38.4 Å². The van der Waals surface area contributed by atoms with Crippen LogP contribution in [0.5, 0.6) is 0 Å². The van der Waals surface area contributed by atoms with Gasteiger partial charge in [-0.05, 0) is 36.6 Å². The number of H-pyrrole nitrogens is 1. The van der Waals surface area contributed by atoms with Crippen molar-refractivity contribution in [2.45, 2.75) is 19.0 Å². The Kier molecular flexibility index (Phi) is 6.53. The molecular formula is C21H22F3N3O2. The van der Waals surface area contributed by atoms with Gasteiger partial charge in [-0.3, -0.25) is 14.5 Å². The van der Waals surface area contributed by atoms with Crippen LogP contribution in [0, 0.1) is 0 Å². The van der Waals surface area contributed by atoms with E-state index in [1.807, 2.05) is 0 Å². The van der Waals surface area contributed by atoms with Gasteiger partial charge in [0.05, 0.1) is 11.1 Å². The molecule has 3 rings (SSSR count). The van der Waals surface area contributed by atoms with Crippen molar-refractivity contribution >= 4 is 5.91 Å². The zero-order valence-corrected chi connectivity index (χ0v) is 15.8. The molecule has 0 spiro atoms. The van der Waals surface area contributed by atoms with Crippen LogP contribution in [0.25, 0.3) is 0 Å². The van der Waals surface area contributed by atoms with Crippen LogP contribution < -0.4 is 10.9 Å². The first kappa shape index (κ1) is 20.9. The number of pyridine rings is 1. The van der Waals surface area contributed by atoms with Gasteiger partial charge < -0.3 is 10.3 Å². The van der Waals surface area contributed by atoms with Crippen LogP contribution in [0.2, 0.25) is 0 Å². The molecule has 0 radical (unpaired) electrons. The number of aromatic nitrogens is 1. The molecular weight excluding hydrogens is 383 g/mol. The number of hydrogen-bond donors (Lipinski definition) is 2. The standard InChI is InChI=1S/C21H22F3N3O2/c22-21(23,24)18-4-1-15(2-5-18)13-16-7-10-27(11-8-16)12-9-25-20(29)17-3-6-19(28)26-14-17/h1-7,14H,8-13H2,(H,25,29)(H,26,28). The molecule has 0 atom stereocenters. The highest BCUT2D eigenvalue weighted by atomic mass is 19.4. The van der Waals surface area contributed by atoms with E-state index < -0.39 is 11.7 Å². The fourth-order valence-electron chi connectivity index (χ4n) is 3.17. The average Bonchev–Trinajstić information content (AvgIpc) is 2.69. The third-order valence-electron chi connectivity index (χ3n) is 4.86. The summed E-state index contributed by atoms with van der Waals surface area (Å²) in [5, 5.41) is 2.82. The molecule has 1 aromatic heterocycles. The number of halogens is 3. The first-order valence-corrected chi connectivity index (χ1v) is 9.34. The molecule has 1 aliphatic rings. The number of alkyl halides is 3. The third-order valence-corrected chi connectivity index (χ3v) is 4.86. The van der Waals surface area contributed by atoms with Gasteiger partial charge in [0.25, 0.3) is 5.91 Å². The monoisotopic (exact) mass is 405 g/mol. The summed E-state index contributed by atoms with van der Waals surface area (Å²) in [7, 11) is 0. The number of benzene rings is 1. The topological polar surface area (TPSA) is 65.2 Å². The minimum Gasteiger partial charge on any atom is -0.351 e. The quantitative estimate of drug-likeness (QED) is 0.727. The summed E-state index contributed by atoms with van der Waals surface area (Å²) in [6, 6.07) is 8.09. The molecule has 2 heterocycles. The second kappa shape index (κ2) is 9.09.